The predicted molar refractivity (Wildman–Crippen MR) is 70.3 cm³/mol. The van der Waals surface area contributed by atoms with E-state index >= 15 is 0 Å². The molecule has 2 atom stereocenters. The van der Waals surface area contributed by atoms with Gasteiger partial charge in [-0.25, -0.2) is 0 Å². The van der Waals surface area contributed by atoms with Crippen LogP contribution in [-0.2, 0) is 21.2 Å². The first-order valence-electron chi connectivity index (χ1n) is 6.64. The molecule has 2 N–H and O–H groups in total. The van der Waals surface area contributed by atoms with Gasteiger partial charge in [0.2, 0.25) is 0 Å². The van der Waals surface area contributed by atoms with Gasteiger partial charge in [-0.2, -0.15) is 13.2 Å². The van der Waals surface area contributed by atoms with Gasteiger partial charge in [-0.15, -0.1) is 0 Å². The van der Waals surface area contributed by atoms with Crippen LogP contribution in [-0.4, -0.2) is 23.5 Å². The monoisotopic (exact) mass is 304 g/mol. The van der Waals surface area contributed by atoms with E-state index in [1.165, 1.54) is 12.3 Å². The molecule has 1 fully saturated rings. The molecule has 2 rings (SSSR count). The molecule has 0 aliphatic carbocycles. The summed E-state index contributed by atoms with van der Waals surface area (Å²) < 4.78 is 48.6. The first-order valence-corrected chi connectivity index (χ1v) is 6.64. The molecule has 1 aliphatic rings. The minimum absolute atomic E-state index is 0.197. The van der Waals surface area contributed by atoms with Crippen LogP contribution in [0.4, 0.5) is 13.2 Å². The van der Waals surface area contributed by atoms with Crippen molar-refractivity contribution in [3.63, 3.8) is 0 Å². The molecule has 0 amide bonds. The van der Waals surface area contributed by atoms with Crippen LogP contribution in [0.3, 0.4) is 0 Å². The minimum atomic E-state index is -4.45. The zero-order chi connectivity index (χ0) is 15.9. The highest BCUT2D eigenvalue weighted by atomic mass is 19.4. The second-order valence-corrected chi connectivity index (χ2v) is 6.00. The number of hydrogen-bond acceptors (Lipinski definition) is 4. The molecule has 1 aliphatic heterocycles. The lowest BCUT2D eigenvalue weighted by molar-refractivity contribution is -0.141. The molecule has 1 unspecified atom stereocenters. The number of aromatic nitrogens is 1. The Bertz CT molecular complexity index is 498. The van der Waals surface area contributed by atoms with Crippen LogP contribution in [0.1, 0.15) is 38.4 Å². The Balaban J connectivity index is 2.09. The van der Waals surface area contributed by atoms with E-state index in [4.69, 9.17) is 15.2 Å². The molecule has 7 heteroatoms. The molecule has 118 valence electrons. The SMILES string of the molecule is CC1(C)OC[C@@H](CC(C)(N)c2ccc(C(F)(F)F)nc2)O1. The highest BCUT2D eigenvalue weighted by Gasteiger charge is 2.37. The van der Waals surface area contributed by atoms with Crippen molar-refractivity contribution in [3.05, 3.63) is 29.6 Å². The Labute approximate surface area is 121 Å². The van der Waals surface area contributed by atoms with Gasteiger partial charge in [-0.1, -0.05) is 6.07 Å². The number of rotatable bonds is 3. The summed E-state index contributed by atoms with van der Waals surface area (Å²) in [5, 5.41) is 0. The van der Waals surface area contributed by atoms with Gasteiger partial charge in [0.1, 0.15) is 5.69 Å². The summed E-state index contributed by atoms with van der Waals surface area (Å²) in [6.07, 6.45) is -3.04. The van der Waals surface area contributed by atoms with E-state index in [0.29, 0.717) is 18.6 Å². The molecule has 1 saturated heterocycles. The topological polar surface area (TPSA) is 57.4 Å². The van der Waals surface area contributed by atoms with Crippen LogP contribution in [0.25, 0.3) is 0 Å². The first-order chi connectivity index (χ1) is 9.50. The standard InChI is InChI=1S/C14H19F3N2O2/c1-12(2)20-8-10(21-12)6-13(3,18)9-4-5-11(19-7-9)14(15,16)17/h4-5,7,10H,6,8,18H2,1-3H3/t10-,13?/m1/s1. The van der Waals surface area contributed by atoms with Crippen molar-refractivity contribution in [2.24, 2.45) is 5.73 Å². The Morgan fingerprint density at radius 2 is 2.05 bits per heavy atom. The number of nitrogens with zero attached hydrogens (tertiary/aromatic N) is 1. The van der Waals surface area contributed by atoms with Crippen LogP contribution < -0.4 is 5.73 Å². The van der Waals surface area contributed by atoms with Gasteiger partial charge >= 0.3 is 6.18 Å². The molecule has 1 aromatic rings. The zero-order valence-electron chi connectivity index (χ0n) is 12.2. The average Bonchev–Trinajstić information content (AvgIpc) is 2.67. The second kappa shape index (κ2) is 5.23. The van der Waals surface area contributed by atoms with Crippen LogP contribution >= 0.6 is 0 Å². The maximum atomic E-state index is 12.5. The maximum absolute atomic E-state index is 12.5. The third-order valence-corrected chi connectivity index (χ3v) is 3.43. The van der Waals surface area contributed by atoms with Gasteiger partial charge in [0, 0.05) is 11.7 Å². The number of halogens is 3. The quantitative estimate of drug-likeness (QED) is 0.933. The minimum Gasteiger partial charge on any atom is -0.348 e. The normalized spacial score (nSPS) is 24.8. The summed E-state index contributed by atoms with van der Waals surface area (Å²) in [5.41, 5.74) is 4.97. The first kappa shape index (κ1) is 16.2. The van der Waals surface area contributed by atoms with E-state index in [9.17, 15) is 13.2 Å². The number of hydrogen-bond donors (Lipinski definition) is 1. The molecular weight excluding hydrogens is 285 g/mol. The number of ether oxygens (including phenoxy) is 2. The van der Waals surface area contributed by atoms with Crippen molar-refractivity contribution in [2.75, 3.05) is 6.61 Å². The number of alkyl halides is 3. The molecule has 0 bridgehead atoms. The highest BCUT2D eigenvalue weighted by molar-refractivity contribution is 5.23. The Morgan fingerprint density at radius 3 is 2.48 bits per heavy atom. The van der Waals surface area contributed by atoms with Crippen LogP contribution in [0.15, 0.2) is 18.3 Å². The Hall–Kier alpha value is -1.18. The molecule has 0 spiro atoms. The van der Waals surface area contributed by atoms with E-state index in [1.54, 1.807) is 20.8 Å². The summed E-state index contributed by atoms with van der Waals surface area (Å²) in [7, 11) is 0. The summed E-state index contributed by atoms with van der Waals surface area (Å²) in [6.45, 7) is 5.76. The smallest absolute Gasteiger partial charge is 0.348 e. The van der Waals surface area contributed by atoms with Gasteiger partial charge in [0.15, 0.2) is 5.79 Å². The van der Waals surface area contributed by atoms with Crippen LogP contribution in [0.5, 0.6) is 0 Å². The van der Waals surface area contributed by atoms with Gasteiger partial charge in [-0.05, 0) is 38.8 Å². The number of pyridine rings is 1. The van der Waals surface area contributed by atoms with E-state index < -0.39 is 23.2 Å². The molecule has 1 aromatic heterocycles. The van der Waals surface area contributed by atoms with Crippen molar-refractivity contribution >= 4 is 0 Å². The predicted octanol–water partition coefficient (Wildman–Crippen LogP) is 2.82. The summed E-state index contributed by atoms with van der Waals surface area (Å²) in [4.78, 5) is 3.44. The second-order valence-electron chi connectivity index (χ2n) is 6.00. The third kappa shape index (κ3) is 3.93. The average molecular weight is 304 g/mol. The third-order valence-electron chi connectivity index (χ3n) is 3.43. The zero-order valence-corrected chi connectivity index (χ0v) is 12.2. The molecule has 21 heavy (non-hydrogen) atoms. The van der Waals surface area contributed by atoms with Crippen molar-refractivity contribution in [1.29, 1.82) is 0 Å². The van der Waals surface area contributed by atoms with E-state index in [-0.39, 0.29) is 6.10 Å². The molecule has 2 heterocycles. The van der Waals surface area contributed by atoms with Crippen LogP contribution in [0, 0.1) is 0 Å². The lowest BCUT2D eigenvalue weighted by Gasteiger charge is -2.28. The summed E-state index contributed by atoms with van der Waals surface area (Å²) in [6, 6.07) is 2.30. The van der Waals surface area contributed by atoms with E-state index in [1.807, 2.05) is 0 Å². The number of nitrogens with two attached hydrogens (primary N) is 1. The van der Waals surface area contributed by atoms with Crippen molar-refractivity contribution < 1.29 is 22.6 Å². The largest absolute Gasteiger partial charge is 0.433 e. The summed E-state index contributed by atoms with van der Waals surface area (Å²) in [5.74, 6) is -0.654. The fourth-order valence-corrected chi connectivity index (χ4v) is 2.35. The molecule has 0 saturated carbocycles. The van der Waals surface area contributed by atoms with Gasteiger partial charge in [0.05, 0.1) is 12.7 Å². The van der Waals surface area contributed by atoms with E-state index in [0.717, 1.165) is 6.07 Å². The highest BCUT2D eigenvalue weighted by Crippen LogP contribution is 2.32. The summed E-state index contributed by atoms with van der Waals surface area (Å²) >= 11 is 0. The fourth-order valence-electron chi connectivity index (χ4n) is 2.35. The Morgan fingerprint density at radius 1 is 1.38 bits per heavy atom. The van der Waals surface area contributed by atoms with Gasteiger partial charge < -0.3 is 15.2 Å². The van der Waals surface area contributed by atoms with Gasteiger partial charge in [0.25, 0.3) is 0 Å². The van der Waals surface area contributed by atoms with Crippen molar-refractivity contribution in [3.8, 4) is 0 Å². The van der Waals surface area contributed by atoms with Crippen molar-refractivity contribution in [1.82, 2.24) is 4.98 Å². The van der Waals surface area contributed by atoms with Crippen LogP contribution in [0.2, 0.25) is 0 Å². The van der Waals surface area contributed by atoms with Crippen molar-refractivity contribution in [2.45, 2.75) is 50.8 Å². The molecular formula is C14H19F3N2O2. The lowest BCUT2D eigenvalue weighted by atomic mass is 9.88. The Kier molecular flexibility index (Phi) is 4.03. The van der Waals surface area contributed by atoms with E-state index in [2.05, 4.69) is 4.98 Å². The molecule has 0 aromatic carbocycles. The van der Waals surface area contributed by atoms with Gasteiger partial charge in [-0.3, -0.25) is 4.98 Å². The molecule has 0 radical (unpaired) electrons. The molecule has 4 nitrogen and oxygen atoms in total. The maximum Gasteiger partial charge on any atom is 0.433 e. The lowest BCUT2D eigenvalue weighted by Crippen LogP contribution is -2.38. The fraction of sp³-hybridized carbons (Fsp3) is 0.643.